The van der Waals surface area contributed by atoms with E-state index in [-0.39, 0.29) is 5.75 Å². The average Bonchev–Trinajstić information content (AvgIpc) is 2.66. The van der Waals surface area contributed by atoms with E-state index in [2.05, 4.69) is 4.98 Å². The fourth-order valence-corrected chi connectivity index (χ4v) is 1.41. The lowest BCUT2D eigenvalue weighted by Crippen LogP contribution is -1.94. The van der Waals surface area contributed by atoms with Gasteiger partial charge in [-0.25, -0.2) is 0 Å². The second-order valence-corrected chi connectivity index (χ2v) is 3.17. The third kappa shape index (κ3) is 1.63. The fourth-order valence-electron chi connectivity index (χ4n) is 1.41. The van der Waals surface area contributed by atoms with E-state index in [9.17, 15) is 5.11 Å². The van der Waals surface area contributed by atoms with Gasteiger partial charge >= 0.3 is 0 Å². The maximum atomic E-state index is 9.30. The number of H-pyrrole nitrogens is 1. The Labute approximate surface area is 82.2 Å². The van der Waals surface area contributed by atoms with Gasteiger partial charge in [0.05, 0.1) is 0 Å². The summed E-state index contributed by atoms with van der Waals surface area (Å²) in [6, 6.07) is 9.13. The molecule has 0 spiro atoms. The highest BCUT2D eigenvalue weighted by Crippen LogP contribution is 2.23. The van der Waals surface area contributed by atoms with Gasteiger partial charge < -0.3 is 15.8 Å². The van der Waals surface area contributed by atoms with Crippen LogP contribution in [0.2, 0.25) is 0 Å². The first-order valence-corrected chi connectivity index (χ1v) is 4.46. The summed E-state index contributed by atoms with van der Waals surface area (Å²) in [5, 5.41) is 9.30. The summed E-state index contributed by atoms with van der Waals surface area (Å²) >= 11 is 0. The Bertz CT molecular complexity index is 434. The molecule has 72 valence electrons. The van der Waals surface area contributed by atoms with E-state index in [4.69, 9.17) is 5.73 Å². The zero-order valence-electron chi connectivity index (χ0n) is 7.70. The molecule has 0 atom stereocenters. The van der Waals surface area contributed by atoms with E-state index in [1.807, 2.05) is 24.4 Å². The largest absolute Gasteiger partial charge is 0.508 e. The zero-order valence-corrected chi connectivity index (χ0v) is 7.70. The van der Waals surface area contributed by atoms with Gasteiger partial charge in [0.25, 0.3) is 0 Å². The summed E-state index contributed by atoms with van der Waals surface area (Å²) in [6.45, 7) is 0.499. The van der Waals surface area contributed by atoms with Crippen LogP contribution in [-0.2, 0) is 6.54 Å². The molecule has 0 aliphatic rings. The first kappa shape index (κ1) is 8.84. The summed E-state index contributed by atoms with van der Waals surface area (Å²) in [5.41, 5.74) is 8.51. The highest BCUT2D eigenvalue weighted by Gasteiger charge is 2.01. The molecule has 4 N–H and O–H groups in total. The molecule has 0 amide bonds. The minimum atomic E-state index is 0.276. The molecule has 0 radical (unpaired) electrons. The standard InChI is InChI=1S/C11H12N2O/c12-6-10-4-9(7-13-10)8-2-1-3-11(14)5-8/h1-5,7,13-14H,6,12H2. The van der Waals surface area contributed by atoms with Gasteiger partial charge in [-0.05, 0) is 29.3 Å². The van der Waals surface area contributed by atoms with Crippen LogP contribution in [0.1, 0.15) is 5.69 Å². The molecule has 0 aliphatic heterocycles. The van der Waals surface area contributed by atoms with Crippen molar-refractivity contribution >= 4 is 0 Å². The Morgan fingerprint density at radius 3 is 2.71 bits per heavy atom. The van der Waals surface area contributed by atoms with Gasteiger partial charge in [0.2, 0.25) is 0 Å². The van der Waals surface area contributed by atoms with E-state index in [1.165, 1.54) is 0 Å². The van der Waals surface area contributed by atoms with Crippen molar-refractivity contribution in [2.24, 2.45) is 5.73 Å². The monoisotopic (exact) mass is 188 g/mol. The smallest absolute Gasteiger partial charge is 0.116 e. The van der Waals surface area contributed by atoms with Crippen molar-refractivity contribution in [2.75, 3.05) is 0 Å². The minimum absolute atomic E-state index is 0.276. The zero-order chi connectivity index (χ0) is 9.97. The van der Waals surface area contributed by atoms with Gasteiger partial charge in [-0.15, -0.1) is 0 Å². The van der Waals surface area contributed by atoms with Crippen molar-refractivity contribution in [3.63, 3.8) is 0 Å². The van der Waals surface area contributed by atoms with Crippen molar-refractivity contribution < 1.29 is 5.11 Å². The van der Waals surface area contributed by atoms with Crippen molar-refractivity contribution in [1.82, 2.24) is 4.98 Å². The predicted octanol–water partition coefficient (Wildman–Crippen LogP) is 1.85. The van der Waals surface area contributed by atoms with Gasteiger partial charge in [0.1, 0.15) is 5.75 Å². The number of rotatable bonds is 2. The first-order chi connectivity index (χ1) is 6.79. The van der Waals surface area contributed by atoms with Gasteiger partial charge in [-0.2, -0.15) is 0 Å². The average molecular weight is 188 g/mol. The lowest BCUT2D eigenvalue weighted by molar-refractivity contribution is 0.475. The quantitative estimate of drug-likeness (QED) is 0.673. The molecule has 0 saturated heterocycles. The highest BCUT2D eigenvalue weighted by molar-refractivity contribution is 5.64. The van der Waals surface area contributed by atoms with E-state index in [0.29, 0.717) is 6.54 Å². The lowest BCUT2D eigenvalue weighted by Gasteiger charge is -1.97. The number of aromatic nitrogens is 1. The van der Waals surface area contributed by atoms with Gasteiger partial charge in [-0.1, -0.05) is 12.1 Å². The van der Waals surface area contributed by atoms with Crippen molar-refractivity contribution in [2.45, 2.75) is 6.54 Å². The first-order valence-electron chi connectivity index (χ1n) is 4.46. The number of nitrogens with two attached hydrogens (primary N) is 1. The van der Waals surface area contributed by atoms with E-state index >= 15 is 0 Å². The molecular weight excluding hydrogens is 176 g/mol. The number of phenolic OH excluding ortho intramolecular Hbond substituents is 1. The van der Waals surface area contributed by atoms with Crippen LogP contribution in [0.15, 0.2) is 36.5 Å². The van der Waals surface area contributed by atoms with Crippen LogP contribution in [0.5, 0.6) is 5.75 Å². The Hall–Kier alpha value is -1.74. The van der Waals surface area contributed by atoms with Crippen LogP contribution in [-0.4, -0.2) is 10.1 Å². The third-order valence-electron chi connectivity index (χ3n) is 2.14. The topological polar surface area (TPSA) is 62.0 Å². The lowest BCUT2D eigenvalue weighted by atomic mass is 10.1. The molecule has 0 saturated carbocycles. The molecule has 14 heavy (non-hydrogen) atoms. The molecule has 1 aromatic carbocycles. The summed E-state index contributed by atoms with van der Waals surface area (Å²) in [6.07, 6.45) is 1.89. The number of aromatic hydroxyl groups is 1. The molecule has 1 heterocycles. The Morgan fingerprint density at radius 2 is 2.07 bits per heavy atom. The number of aromatic amines is 1. The van der Waals surface area contributed by atoms with Crippen molar-refractivity contribution in [3.05, 3.63) is 42.2 Å². The molecule has 0 unspecified atom stereocenters. The molecule has 2 rings (SSSR count). The second kappa shape index (κ2) is 3.55. The molecule has 0 aliphatic carbocycles. The Morgan fingerprint density at radius 1 is 1.21 bits per heavy atom. The summed E-state index contributed by atoms with van der Waals surface area (Å²) in [4.78, 5) is 3.07. The van der Waals surface area contributed by atoms with Crippen LogP contribution < -0.4 is 5.73 Å². The molecule has 2 aromatic rings. The molecule has 1 aromatic heterocycles. The number of benzene rings is 1. The van der Waals surface area contributed by atoms with Crippen LogP contribution in [0.3, 0.4) is 0 Å². The highest BCUT2D eigenvalue weighted by atomic mass is 16.3. The Balaban J connectivity index is 2.39. The van der Waals surface area contributed by atoms with E-state index in [0.717, 1.165) is 16.8 Å². The SMILES string of the molecule is NCc1cc(-c2cccc(O)c2)c[nH]1. The second-order valence-electron chi connectivity index (χ2n) is 3.17. The predicted molar refractivity (Wildman–Crippen MR) is 55.8 cm³/mol. The van der Waals surface area contributed by atoms with E-state index in [1.54, 1.807) is 12.1 Å². The van der Waals surface area contributed by atoms with Crippen LogP contribution in [0, 0.1) is 0 Å². The number of nitrogens with one attached hydrogen (secondary N) is 1. The maximum Gasteiger partial charge on any atom is 0.116 e. The van der Waals surface area contributed by atoms with Gasteiger partial charge in [0, 0.05) is 18.4 Å². The third-order valence-corrected chi connectivity index (χ3v) is 2.14. The molecular formula is C11H12N2O. The molecule has 3 nitrogen and oxygen atoms in total. The Kier molecular flexibility index (Phi) is 2.24. The number of hydrogen-bond acceptors (Lipinski definition) is 2. The fraction of sp³-hybridized carbons (Fsp3) is 0.0909. The van der Waals surface area contributed by atoms with Crippen molar-refractivity contribution in [1.29, 1.82) is 0 Å². The van der Waals surface area contributed by atoms with E-state index < -0.39 is 0 Å². The van der Waals surface area contributed by atoms with Gasteiger partial charge in [-0.3, -0.25) is 0 Å². The molecule has 0 fully saturated rings. The van der Waals surface area contributed by atoms with Gasteiger partial charge in [0.15, 0.2) is 0 Å². The normalized spacial score (nSPS) is 10.4. The minimum Gasteiger partial charge on any atom is -0.508 e. The van der Waals surface area contributed by atoms with Crippen LogP contribution in [0.4, 0.5) is 0 Å². The summed E-state index contributed by atoms with van der Waals surface area (Å²) in [5.74, 6) is 0.276. The molecule has 3 heteroatoms. The summed E-state index contributed by atoms with van der Waals surface area (Å²) < 4.78 is 0. The molecule has 0 bridgehead atoms. The van der Waals surface area contributed by atoms with Crippen LogP contribution >= 0.6 is 0 Å². The summed E-state index contributed by atoms with van der Waals surface area (Å²) in [7, 11) is 0. The number of phenols is 1. The maximum absolute atomic E-state index is 9.30. The number of hydrogen-bond donors (Lipinski definition) is 3. The van der Waals surface area contributed by atoms with Crippen molar-refractivity contribution in [3.8, 4) is 16.9 Å². The van der Waals surface area contributed by atoms with Crippen LogP contribution in [0.25, 0.3) is 11.1 Å².